The zero-order chi connectivity index (χ0) is 15.6. The summed E-state index contributed by atoms with van der Waals surface area (Å²) >= 11 is 8.43. The van der Waals surface area contributed by atoms with Crippen LogP contribution >= 0.6 is 28.1 Å². The first-order valence-electron chi connectivity index (χ1n) is 6.68. The minimum Gasteiger partial charge on any atom is -0.393 e. The van der Waals surface area contributed by atoms with Crippen LogP contribution in [0.25, 0.3) is 10.8 Å². The van der Waals surface area contributed by atoms with Gasteiger partial charge in [0, 0.05) is 10.2 Å². The van der Waals surface area contributed by atoms with E-state index in [1.807, 2.05) is 50.2 Å². The maximum Gasteiger partial charge on any atom is 0.234 e. The summed E-state index contributed by atoms with van der Waals surface area (Å²) in [7, 11) is 0. The van der Waals surface area contributed by atoms with Gasteiger partial charge < -0.3 is 11.1 Å². The van der Waals surface area contributed by atoms with E-state index < -0.39 is 5.92 Å². The van der Waals surface area contributed by atoms with Crippen LogP contribution in [0.5, 0.6) is 0 Å². The number of thiocarbonyl (C=S) groups is 1. The summed E-state index contributed by atoms with van der Waals surface area (Å²) in [6, 6.07) is 11.8. The van der Waals surface area contributed by atoms with E-state index in [0.29, 0.717) is 0 Å². The zero-order valence-electron chi connectivity index (χ0n) is 11.9. The van der Waals surface area contributed by atoms with Gasteiger partial charge >= 0.3 is 0 Å². The van der Waals surface area contributed by atoms with E-state index in [9.17, 15) is 4.79 Å². The average molecular weight is 365 g/mol. The molecule has 1 atom stereocenters. The quantitative estimate of drug-likeness (QED) is 0.802. The number of fused-ring (bicyclic) bond motifs is 1. The molecule has 0 saturated carbocycles. The molecule has 2 rings (SSSR count). The van der Waals surface area contributed by atoms with Crippen LogP contribution in [0.2, 0.25) is 0 Å². The molecular formula is C16H17BrN2OS. The van der Waals surface area contributed by atoms with Crippen molar-refractivity contribution in [2.45, 2.75) is 13.8 Å². The van der Waals surface area contributed by atoms with Crippen molar-refractivity contribution in [3.8, 4) is 0 Å². The lowest BCUT2D eigenvalue weighted by Crippen LogP contribution is -2.36. The Balaban J connectivity index is 2.25. The summed E-state index contributed by atoms with van der Waals surface area (Å²) in [5, 5.41) is 5.06. The van der Waals surface area contributed by atoms with Crippen molar-refractivity contribution in [3.63, 3.8) is 0 Å². The summed E-state index contributed by atoms with van der Waals surface area (Å²) in [5.41, 5.74) is 6.41. The molecular weight excluding hydrogens is 348 g/mol. The average Bonchev–Trinajstić information content (AvgIpc) is 2.38. The van der Waals surface area contributed by atoms with Crippen LogP contribution in [0.3, 0.4) is 0 Å². The van der Waals surface area contributed by atoms with E-state index in [4.69, 9.17) is 18.0 Å². The smallest absolute Gasteiger partial charge is 0.234 e. The third kappa shape index (κ3) is 3.80. The summed E-state index contributed by atoms with van der Waals surface area (Å²) in [5.74, 6) is -0.548. The molecule has 0 aromatic heterocycles. The summed E-state index contributed by atoms with van der Waals surface area (Å²) in [4.78, 5) is 12.5. The maximum absolute atomic E-state index is 12.3. The van der Waals surface area contributed by atoms with Crippen molar-refractivity contribution >= 4 is 55.5 Å². The number of hydrogen-bond donors (Lipinski definition) is 2. The van der Waals surface area contributed by atoms with Crippen LogP contribution in [0, 0.1) is 11.8 Å². The second-order valence-corrected chi connectivity index (χ2v) is 6.71. The first-order valence-corrected chi connectivity index (χ1v) is 7.88. The fourth-order valence-corrected chi connectivity index (χ4v) is 3.03. The third-order valence-electron chi connectivity index (χ3n) is 3.33. The number of nitrogens with one attached hydrogen (secondary N) is 1. The molecule has 3 N–H and O–H groups in total. The molecule has 110 valence electrons. The second kappa shape index (κ2) is 6.54. The molecule has 0 aliphatic rings. The van der Waals surface area contributed by atoms with Gasteiger partial charge in [-0.1, -0.05) is 54.1 Å². The molecule has 0 heterocycles. The Labute approximate surface area is 138 Å². The minimum atomic E-state index is -0.458. The van der Waals surface area contributed by atoms with Gasteiger partial charge in [0.25, 0.3) is 0 Å². The lowest BCUT2D eigenvalue weighted by Gasteiger charge is -2.19. The highest BCUT2D eigenvalue weighted by Gasteiger charge is 2.24. The fourth-order valence-electron chi connectivity index (χ4n) is 2.27. The van der Waals surface area contributed by atoms with E-state index in [-0.39, 0.29) is 16.8 Å². The maximum atomic E-state index is 12.3. The highest BCUT2D eigenvalue weighted by Crippen LogP contribution is 2.24. The molecule has 1 amide bonds. The minimum absolute atomic E-state index is 0.0684. The van der Waals surface area contributed by atoms with Crippen LogP contribution in [-0.4, -0.2) is 10.9 Å². The zero-order valence-corrected chi connectivity index (χ0v) is 14.3. The monoisotopic (exact) mass is 364 g/mol. The van der Waals surface area contributed by atoms with Gasteiger partial charge in [0.2, 0.25) is 5.91 Å². The van der Waals surface area contributed by atoms with Gasteiger partial charge in [-0.05, 0) is 41.0 Å². The van der Waals surface area contributed by atoms with Gasteiger partial charge in [0.15, 0.2) is 0 Å². The molecule has 3 nitrogen and oxygen atoms in total. The number of carbonyl (C=O) groups is 1. The van der Waals surface area contributed by atoms with Crippen molar-refractivity contribution in [2.75, 3.05) is 5.32 Å². The predicted octanol–water partition coefficient (Wildman–Crippen LogP) is 4.10. The van der Waals surface area contributed by atoms with E-state index >= 15 is 0 Å². The molecule has 21 heavy (non-hydrogen) atoms. The number of nitrogens with two attached hydrogens (primary N) is 1. The van der Waals surface area contributed by atoms with Crippen molar-refractivity contribution < 1.29 is 4.79 Å². The molecule has 0 radical (unpaired) electrons. The molecule has 5 heteroatoms. The van der Waals surface area contributed by atoms with Crippen molar-refractivity contribution in [3.05, 3.63) is 40.9 Å². The molecule has 1 unspecified atom stereocenters. The lowest BCUT2D eigenvalue weighted by molar-refractivity contribution is -0.118. The van der Waals surface area contributed by atoms with Gasteiger partial charge in [-0.15, -0.1) is 0 Å². The Kier molecular flexibility index (Phi) is 4.96. The van der Waals surface area contributed by atoms with E-state index in [2.05, 4.69) is 21.2 Å². The number of anilines is 1. The molecule has 0 spiro atoms. The number of amides is 1. The highest BCUT2D eigenvalue weighted by molar-refractivity contribution is 9.10. The Morgan fingerprint density at radius 2 is 1.81 bits per heavy atom. The van der Waals surface area contributed by atoms with Gasteiger partial charge in [-0.2, -0.15) is 0 Å². The topological polar surface area (TPSA) is 55.1 Å². The summed E-state index contributed by atoms with van der Waals surface area (Å²) < 4.78 is 1.03. The number of rotatable bonds is 4. The van der Waals surface area contributed by atoms with E-state index in [1.165, 1.54) is 0 Å². The molecule has 0 aliphatic carbocycles. The Morgan fingerprint density at radius 1 is 1.19 bits per heavy atom. The number of carbonyl (C=O) groups excluding carboxylic acids is 1. The van der Waals surface area contributed by atoms with Crippen molar-refractivity contribution in [1.82, 2.24) is 0 Å². The van der Waals surface area contributed by atoms with Crippen LogP contribution in [0.4, 0.5) is 5.69 Å². The number of hydrogen-bond acceptors (Lipinski definition) is 2. The third-order valence-corrected chi connectivity index (χ3v) is 4.07. The Morgan fingerprint density at radius 3 is 2.43 bits per heavy atom. The first kappa shape index (κ1) is 15.9. The number of halogens is 1. The largest absolute Gasteiger partial charge is 0.393 e. The van der Waals surface area contributed by atoms with E-state index in [1.54, 1.807) is 0 Å². The molecule has 0 fully saturated rings. The van der Waals surface area contributed by atoms with Crippen LogP contribution < -0.4 is 11.1 Å². The molecule has 2 aromatic carbocycles. The SMILES string of the molecule is CC(C)C(C(=O)Nc1ccc2cc(Br)ccc2c1)C(N)=S. The summed E-state index contributed by atoms with van der Waals surface area (Å²) in [6.45, 7) is 3.86. The molecule has 0 aliphatic heterocycles. The standard InChI is InChI=1S/C16H17BrN2OS/c1-9(2)14(15(18)21)16(20)19-13-6-4-10-7-12(17)5-3-11(10)8-13/h3-9,14H,1-2H3,(H2,18,21)(H,19,20). The predicted molar refractivity (Wildman–Crippen MR) is 95.4 cm³/mol. The second-order valence-electron chi connectivity index (χ2n) is 5.32. The lowest BCUT2D eigenvalue weighted by atomic mass is 9.95. The normalized spacial score (nSPS) is 12.4. The van der Waals surface area contributed by atoms with E-state index in [0.717, 1.165) is 20.9 Å². The Hall–Kier alpha value is -1.46. The van der Waals surface area contributed by atoms with Crippen molar-refractivity contribution in [1.29, 1.82) is 0 Å². The molecule has 2 aromatic rings. The van der Waals surface area contributed by atoms with Crippen LogP contribution in [0.1, 0.15) is 13.8 Å². The van der Waals surface area contributed by atoms with Gasteiger partial charge in [-0.25, -0.2) is 0 Å². The molecule has 0 saturated heterocycles. The highest BCUT2D eigenvalue weighted by atomic mass is 79.9. The number of benzene rings is 2. The fraction of sp³-hybridized carbons (Fsp3) is 0.250. The van der Waals surface area contributed by atoms with Gasteiger partial charge in [-0.3, -0.25) is 4.79 Å². The van der Waals surface area contributed by atoms with Crippen LogP contribution in [-0.2, 0) is 4.79 Å². The van der Waals surface area contributed by atoms with Gasteiger partial charge in [0.1, 0.15) is 0 Å². The summed E-state index contributed by atoms with van der Waals surface area (Å²) in [6.07, 6.45) is 0. The van der Waals surface area contributed by atoms with Crippen molar-refractivity contribution in [2.24, 2.45) is 17.6 Å². The first-order chi connectivity index (χ1) is 9.88. The van der Waals surface area contributed by atoms with Gasteiger partial charge in [0.05, 0.1) is 10.9 Å². The van der Waals surface area contributed by atoms with Crippen LogP contribution in [0.15, 0.2) is 40.9 Å². The Bertz CT molecular complexity index is 700. The molecule has 0 bridgehead atoms.